The standard InChI is InChI=1S/C12H19NO4.C11H17NO4/c1-16-12(15)9-2-4-10(5-3-9)13-6-7-17-8-11(13)14;13-10-7-16-6-5-12(10)9-3-1-8(2-4-9)11(14)15/h9-10H,2-8H2,1H3;8-9H,1-7H2,(H,14,15). The Labute approximate surface area is 194 Å². The van der Waals surface area contributed by atoms with E-state index in [1.54, 1.807) is 0 Å². The van der Waals surface area contributed by atoms with Crippen molar-refractivity contribution in [2.24, 2.45) is 11.8 Å². The first-order valence-corrected chi connectivity index (χ1v) is 12.0. The molecule has 0 radical (unpaired) electrons. The predicted molar refractivity (Wildman–Crippen MR) is 116 cm³/mol. The lowest BCUT2D eigenvalue weighted by Gasteiger charge is -2.38. The number of aliphatic carboxylic acids is 1. The molecule has 2 saturated heterocycles. The summed E-state index contributed by atoms with van der Waals surface area (Å²) >= 11 is 0. The minimum Gasteiger partial charge on any atom is -0.481 e. The highest BCUT2D eigenvalue weighted by Gasteiger charge is 2.34. The van der Waals surface area contributed by atoms with Crippen LogP contribution in [0.25, 0.3) is 0 Å². The average Bonchev–Trinajstić information content (AvgIpc) is 2.85. The molecule has 4 fully saturated rings. The zero-order valence-corrected chi connectivity index (χ0v) is 19.4. The van der Waals surface area contributed by atoms with E-state index in [0.29, 0.717) is 39.1 Å². The molecular formula is C23H36N2O8. The Hall–Kier alpha value is -2.20. The fourth-order valence-electron chi connectivity index (χ4n) is 5.26. The lowest BCUT2D eigenvalue weighted by atomic mass is 9.85. The van der Waals surface area contributed by atoms with Crippen LogP contribution in [-0.2, 0) is 33.4 Å². The minimum atomic E-state index is -0.702. The number of carboxylic acids is 1. The number of morpholine rings is 2. The van der Waals surface area contributed by atoms with Crippen molar-refractivity contribution < 1.29 is 38.5 Å². The predicted octanol–water partition coefficient (Wildman–Crippen LogP) is 1.07. The smallest absolute Gasteiger partial charge is 0.308 e. The van der Waals surface area contributed by atoms with Crippen LogP contribution in [0.5, 0.6) is 0 Å². The highest BCUT2D eigenvalue weighted by Crippen LogP contribution is 2.29. The molecule has 2 saturated carbocycles. The molecule has 4 aliphatic rings. The number of methoxy groups -OCH3 is 1. The van der Waals surface area contributed by atoms with Crippen molar-refractivity contribution in [1.29, 1.82) is 0 Å². The molecule has 2 aliphatic heterocycles. The molecule has 1 N–H and O–H groups in total. The van der Waals surface area contributed by atoms with Crippen LogP contribution in [0, 0.1) is 11.8 Å². The number of carboxylic acid groups (broad SMARTS) is 1. The normalized spacial score (nSPS) is 30.8. The molecule has 186 valence electrons. The molecule has 2 heterocycles. The Bertz CT molecular complexity index is 699. The monoisotopic (exact) mass is 468 g/mol. The van der Waals surface area contributed by atoms with Crippen molar-refractivity contribution in [2.75, 3.05) is 46.6 Å². The van der Waals surface area contributed by atoms with Gasteiger partial charge < -0.3 is 29.1 Å². The fourth-order valence-corrected chi connectivity index (χ4v) is 5.26. The largest absolute Gasteiger partial charge is 0.481 e. The minimum absolute atomic E-state index is 0.0207. The van der Waals surface area contributed by atoms with Gasteiger partial charge in [-0.3, -0.25) is 19.2 Å². The number of ether oxygens (including phenoxy) is 3. The molecule has 0 atom stereocenters. The van der Waals surface area contributed by atoms with Crippen LogP contribution in [0.15, 0.2) is 0 Å². The molecule has 10 heteroatoms. The van der Waals surface area contributed by atoms with Gasteiger partial charge in [-0.25, -0.2) is 0 Å². The molecule has 2 amide bonds. The van der Waals surface area contributed by atoms with Crippen molar-refractivity contribution in [1.82, 2.24) is 9.80 Å². The second-order valence-corrected chi connectivity index (χ2v) is 9.15. The number of esters is 1. The Morgan fingerprint density at radius 2 is 1.21 bits per heavy atom. The quantitative estimate of drug-likeness (QED) is 0.608. The summed E-state index contributed by atoms with van der Waals surface area (Å²) in [6.45, 7) is 2.96. The second-order valence-electron chi connectivity index (χ2n) is 9.15. The molecule has 4 rings (SSSR count). The molecule has 0 aromatic heterocycles. The SMILES string of the molecule is COC(=O)C1CCC(N2CCOCC2=O)CC1.O=C(O)C1CCC(N2CCOCC2=O)CC1. The maximum atomic E-state index is 11.7. The van der Waals surface area contributed by atoms with E-state index in [1.165, 1.54) is 7.11 Å². The summed E-state index contributed by atoms with van der Waals surface area (Å²) in [7, 11) is 1.43. The van der Waals surface area contributed by atoms with Gasteiger partial charge in [0.2, 0.25) is 11.8 Å². The molecule has 33 heavy (non-hydrogen) atoms. The summed E-state index contributed by atoms with van der Waals surface area (Å²) in [5.41, 5.74) is 0. The number of amides is 2. The van der Waals surface area contributed by atoms with Crippen LogP contribution in [-0.4, -0.2) is 97.4 Å². The van der Waals surface area contributed by atoms with E-state index in [-0.39, 0.29) is 54.9 Å². The van der Waals surface area contributed by atoms with Gasteiger partial charge in [-0.05, 0) is 51.4 Å². The number of rotatable bonds is 4. The molecule has 0 bridgehead atoms. The molecular weight excluding hydrogens is 432 g/mol. The third-order valence-electron chi connectivity index (χ3n) is 7.20. The Morgan fingerprint density at radius 1 is 0.788 bits per heavy atom. The first-order valence-electron chi connectivity index (χ1n) is 12.0. The van der Waals surface area contributed by atoms with Crippen molar-refractivity contribution in [3.8, 4) is 0 Å². The van der Waals surface area contributed by atoms with Gasteiger partial charge in [0, 0.05) is 25.2 Å². The first kappa shape index (κ1) is 25.4. The van der Waals surface area contributed by atoms with Gasteiger partial charge in [0.1, 0.15) is 13.2 Å². The number of nitrogens with zero attached hydrogens (tertiary/aromatic N) is 2. The van der Waals surface area contributed by atoms with Crippen LogP contribution < -0.4 is 0 Å². The highest BCUT2D eigenvalue weighted by atomic mass is 16.5. The second kappa shape index (κ2) is 12.3. The van der Waals surface area contributed by atoms with Crippen molar-refractivity contribution in [3.05, 3.63) is 0 Å². The Kier molecular flexibility index (Phi) is 9.49. The fraction of sp³-hybridized carbons (Fsp3) is 0.826. The van der Waals surface area contributed by atoms with Crippen molar-refractivity contribution in [2.45, 2.75) is 63.5 Å². The average molecular weight is 469 g/mol. The van der Waals surface area contributed by atoms with Gasteiger partial charge >= 0.3 is 11.9 Å². The van der Waals surface area contributed by atoms with Crippen molar-refractivity contribution in [3.63, 3.8) is 0 Å². The summed E-state index contributed by atoms with van der Waals surface area (Å²) in [5.74, 6) is -0.883. The molecule has 10 nitrogen and oxygen atoms in total. The topological polar surface area (TPSA) is 123 Å². The Balaban J connectivity index is 0.000000186. The maximum absolute atomic E-state index is 11.7. The van der Waals surface area contributed by atoms with E-state index in [9.17, 15) is 19.2 Å². The number of hydrogen-bond acceptors (Lipinski definition) is 7. The summed E-state index contributed by atoms with van der Waals surface area (Å²) < 4.78 is 14.9. The van der Waals surface area contributed by atoms with E-state index >= 15 is 0 Å². The maximum Gasteiger partial charge on any atom is 0.308 e. The van der Waals surface area contributed by atoms with Crippen LogP contribution in [0.3, 0.4) is 0 Å². The molecule has 0 aromatic rings. The third-order valence-corrected chi connectivity index (χ3v) is 7.20. The number of carbonyl (C=O) groups excluding carboxylic acids is 3. The van der Waals surface area contributed by atoms with Crippen LogP contribution >= 0.6 is 0 Å². The number of carbonyl (C=O) groups is 4. The third kappa shape index (κ3) is 6.89. The molecule has 2 aliphatic carbocycles. The summed E-state index contributed by atoms with van der Waals surface area (Å²) in [4.78, 5) is 49.2. The zero-order valence-electron chi connectivity index (χ0n) is 19.4. The molecule has 0 unspecified atom stereocenters. The van der Waals surface area contributed by atoms with Gasteiger partial charge in [-0.1, -0.05) is 0 Å². The summed E-state index contributed by atoms with van der Waals surface area (Å²) in [6, 6.07) is 0.513. The molecule has 0 spiro atoms. The molecule has 0 aromatic carbocycles. The first-order chi connectivity index (χ1) is 15.9. The van der Waals surface area contributed by atoms with E-state index in [0.717, 1.165) is 38.5 Å². The van der Waals surface area contributed by atoms with E-state index in [1.807, 2.05) is 9.80 Å². The summed E-state index contributed by atoms with van der Waals surface area (Å²) in [6.07, 6.45) is 6.42. The zero-order chi connectivity index (χ0) is 23.8. The lowest BCUT2D eigenvalue weighted by molar-refractivity contribution is -0.150. The van der Waals surface area contributed by atoms with Gasteiger partial charge in [-0.15, -0.1) is 0 Å². The number of hydrogen-bond donors (Lipinski definition) is 1. The van der Waals surface area contributed by atoms with Crippen LogP contribution in [0.2, 0.25) is 0 Å². The van der Waals surface area contributed by atoms with Gasteiger partial charge in [-0.2, -0.15) is 0 Å². The lowest BCUT2D eigenvalue weighted by Crippen LogP contribution is -2.49. The van der Waals surface area contributed by atoms with Crippen molar-refractivity contribution >= 4 is 23.8 Å². The summed E-state index contributed by atoms with van der Waals surface area (Å²) in [5, 5.41) is 8.89. The van der Waals surface area contributed by atoms with Gasteiger partial charge in [0.25, 0.3) is 0 Å². The van der Waals surface area contributed by atoms with Gasteiger partial charge in [0.15, 0.2) is 0 Å². The van der Waals surface area contributed by atoms with Crippen LogP contribution in [0.4, 0.5) is 0 Å². The van der Waals surface area contributed by atoms with E-state index < -0.39 is 5.97 Å². The van der Waals surface area contributed by atoms with E-state index in [4.69, 9.17) is 19.3 Å². The van der Waals surface area contributed by atoms with E-state index in [2.05, 4.69) is 0 Å². The Morgan fingerprint density at radius 3 is 1.58 bits per heavy atom. The van der Waals surface area contributed by atoms with Gasteiger partial charge in [0.05, 0.1) is 32.2 Å². The van der Waals surface area contributed by atoms with Crippen LogP contribution in [0.1, 0.15) is 51.4 Å². The highest BCUT2D eigenvalue weighted by molar-refractivity contribution is 5.79.